The van der Waals surface area contributed by atoms with E-state index in [0.29, 0.717) is 22.0 Å². The summed E-state index contributed by atoms with van der Waals surface area (Å²) in [5, 5.41) is 8.60. The number of halogens is 1. The van der Waals surface area contributed by atoms with Gasteiger partial charge in [0.1, 0.15) is 11.4 Å². The summed E-state index contributed by atoms with van der Waals surface area (Å²) < 4.78 is 10.5. The normalized spacial score (nSPS) is 10.7. The largest absolute Gasteiger partial charge is 0.496 e. The van der Waals surface area contributed by atoms with Crippen LogP contribution < -0.4 is 10.5 Å². The second kappa shape index (κ2) is 5.19. The summed E-state index contributed by atoms with van der Waals surface area (Å²) in [6.07, 6.45) is 0. The van der Waals surface area contributed by atoms with Gasteiger partial charge in [-0.25, -0.2) is 0 Å². The lowest BCUT2D eigenvalue weighted by Crippen LogP contribution is -1.92. The SMILES string of the molecule is COc1ccc(Cl)cc1-c1c(-c2ccsc2)noc1N. The van der Waals surface area contributed by atoms with E-state index in [1.165, 1.54) is 0 Å². The van der Waals surface area contributed by atoms with Crippen molar-refractivity contribution in [3.8, 4) is 28.1 Å². The zero-order valence-electron chi connectivity index (χ0n) is 10.6. The molecule has 0 fully saturated rings. The maximum atomic E-state index is 6.07. The van der Waals surface area contributed by atoms with Crippen LogP contribution in [0.25, 0.3) is 22.4 Å². The van der Waals surface area contributed by atoms with E-state index in [9.17, 15) is 0 Å². The quantitative estimate of drug-likeness (QED) is 0.783. The number of nitrogen functional groups attached to an aromatic ring is 1. The third-order valence-electron chi connectivity index (χ3n) is 2.94. The fraction of sp³-hybridized carbons (Fsp3) is 0.0714. The molecule has 0 aliphatic carbocycles. The van der Waals surface area contributed by atoms with Crippen molar-refractivity contribution in [3.63, 3.8) is 0 Å². The molecule has 20 heavy (non-hydrogen) atoms. The first-order chi connectivity index (χ1) is 9.70. The van der Waals surface area contributed by atoms with Gasteiger partial charge in [-0.15, -0.1) is 0 Å². The first-order valence-electron chi connectivity index (χ1n) is 5.82. The molecule has 0 saturated carbocycles. The van der Waals surface area contributed by atoms with Crippen LogP contribution in [0.5, 0.6) is 5.75 Å². The van der Waals surface area contributed by atoms with Crippen LogP contribution in [0, 0.1) is 0 Å². The molecule has 4 nitrogen and oxygen atoms in total. The van der Waals surface area contributed by atoms with E-state index in [0.717, 1.165) is 11.1 Å². The maximum Gasteiger partial charge on any atom is 0.230 e. The lowest BCUT2D eigenvalue weighted by atomic mass is 10.0. The summed E-state index contributed by atoms with van der Waals surface area (Å²) in [7, 11) is 1.60. The van der Waals surface area contributed by atoms with Crippen LogP contribution in [0.2, 0.25) is 5.02 Å². The van der Waals surface area contributed by atoms with E-state index in [-0.39, 0.29) is 5.88 Å². The molecule has 0 aliphatic heterocycles. The summed E-state index contributed by atoms with van der Waals surface area (Å²) in [5.74, 6) is 0.910. The molecule has 0 aliphatic rings. The Hall–Kier alpha value is -1.98. The van der Waals surface area contributed by atoms with Crippen LogP contribution in [-0.4, -0.2) is 12.3 Å². The number of hydrogen-bond acceptors (Lipinski definition) is 5. The van der Waals surface area contributed by atoms with Gasteiger partial charge >= 0.3 is 0 Å². The second-order valence-corrected chi connectivity index (χ2v) is 5.34. The van der Waals surface area contributed by atoms with E-state index < -0.39 is 0 Å². The summed E-state index contributed by atoms with van der Waals surface area (Å²) in [6, 6.07) is 7.31. The van der Waals surface area contributed by atoms with Crippen LogP contribution in [0.15, 0.2) is 39.5 Å². The summed E-state index contributed by atoms with van der Waals surface area (Å²) >= 11 is 7.66. The van der Waals surface area contributed by atoms with Crippen molar-refractivity contribution in [1.29, 1.82) is 0 Å². The van der Waals surface area contributed by atoms with Crippen molar-refractivity contribution in [3.05, 3.63) is 40.0 Å². The van der Waals surface area contributed by atoms with Gasteiger partial charge < -0.3 is 15.0 Å². The molecule has 102 valence electrons. The van der Waals surface area contributed by atoms with E-state index in [4.69, 9.17) is 26.6 Å². The molecule has 3 rings (SSSR count). The Bertz CT molecular complexity index is 738. The predicted octanol–water partition coefficient (Wildman–Crippen LogP) is 4.31. The molecule has 0 atom stereocenters. The number of nitrogens with zero attached hydrogens (tertiary/aromatic N) is 1. The van der Waals surface area contributed by atoms with Crippen molar-refractivity contribution >= 4 is 28.8 Å². The highest BCUT2D eigenvalue weighted by Crippen LogP contribution is 2.42. The summed E-state index contributed by atoms with van der Waals surface area (Å²) in [6.45, 7) is 0. The zero-order valence-corrected chi connectivity index (χ0v) is 12.2. The Balaban J connectivity index is 2.25. The molecule has 0 radical (unpaired) electrons. The Kier molecular flexibility index (Phi) is 3.38. The molecule has 2 N–H and O–H groups in total. The molecule has 3 aromatic rings. The molecule has 0 bridgehead atoms. The fourth-order valence-corrected chi connectivity index (χ4v) is 2.85. The van der Waals surface area contributed by atoms with Crippen molar-refractivity contribution in [2.75, 3.05) is 12.8 Å². The van der Waals surface area contributed by atoms with Gasteiger partial charge in [0.2, 0.25) is 5.88 Å². The Morgan fingerprint density at radius 3 is 2.90 bits per heavy atom. The number of methoxy groups -OCH3 is 1. The third-order valence-corrected chi connectivity index (χ3v) is 3.86. The van der Waals surface area contributed by atoms with E-state index in [1.807, 2.05) is 16.8 Å². The van der Waals surface area contributed by atoms with Gasteiger partial charge in [0.15, 0.2) is 0 Å². The predicted molar refractivity (Wildman–Crippen MR) is 81.2 cm³/mol. The van der Waals surface area contributed by atoms with Crippen molar-refractivity contribution in [1.82, 2.24) is 5.16 Å². The topological polar surface area (TPSA) is 61.3 Å². The van der Waals surface area contributed by atoms with Gasteiger partial charge in [0.25, 0.3) is 0 Å². The standard InChI is InChI=1S/C14H11ClN2O2S/c1-18-11-3-2-9(15)6-10(11)12-13(17-19-14(12)16)8-4-5-20-7-8/h2-7H,16H2,1H3. The minimum atomic E-state index is 0.242. The first-order valence-corrected chi connectivity index (χ1v) is 7.14. The highest BCUT2D eigenvalue weighted by atomic mass is 35.5. The average molecular weight is 307 g/mol. The summed E-state index contributed by atoms with van der Waals surface area (Å²) in [5.41, 5.74) is 9.03. The first kappa shape index (κ1) is 13.0. The van der Waals surface area contributed by atoms with Crippen LogP contribution in [-0.2, 0) is 0 Å². The van der Waals surface area contributed by atoms with E-state index in [1.54, 1.807) is 36.6 Å². The van der Waals surface area contributed by atoms with Crippen molar-refractivity contribution in [2.24, 2.45) is 0 Å². The molecule has 0 amide bonds. The number of rotatable bonds is 3. The van der Waals surface area contributed by atoms with Gasteiger partial charge in [-0.1, -0.05) is 16.8 Å². The highest BCUT2D eigenvalue weighted by molar-refractivity contribution is 7.08. The number of anilines is 1. The van der Waals surface area contributed by atoms with Gasteiger partial charge in [0, 0.05) is 21.5 Å². The number of thiophene rings is 1. The Morgan fingerprint density at radius 1 is 1.35 bits per heavy atom. The highest BCUT2D eigenvalue weighted by Gasteiger charge is 2.21. The fourth-order valence-electron chi connectivity index (χ4n) is 2.03. The van der Waals surface area contributed by atoms with Crippen LogP contribution in [0.1, 0.15) is 0 Å². The molecule has 0 saturated heterocycles. The van der Waals surface area contributed by atoms with Crippen molar-refractivity contribution < 1.29 is 9.26 Å². The maximum absolute atomic E-state index is 6.07. The molecule has 2 heterocycles. The van der Waals surface area contributed by atoms with Crippen molar-refractivity contribution in [2.45, 2.75) is 0 Å². The van der Waals surface area contributed by atoms with E-state index in [2.05, 4.69) is 5.16 Å². The lowest BCUT2D eigenvalue weighted by molar-refractivity contribution is 0.416. The number of aromatic nitrogens is 1. The van der Waals surface area contributed by atoms with Gasteiger partial charge in [-0.2, -0.15) is 11.3 Å². The summed E-state index contributed by atoms with van der Waals surface area (Å²) in [4.78, 5) is 0. The minimum absolute atomic E-state index is 0.242. The average Bonchev–Trinajstić information content (AvgIpc) is 3.07. The molecular formula is C14H11ClN2O2S. The molecule has 1 aromatic carbocycles. The van der Waals surface area contributed by atoms with Gasteiger partial charge in [-0.3, -0.25) is 0 Å². The molecule has 6 heteroatoms. The monoisotopic (exact) mass is 306 g/mol. The lowest BCUT2D eigenvalue weighted by Gasteiger charge is -2.08. The molecule has 0 unspecified atom stereocenters. The molecular weight excluding hydrogens is 296 g/mol. The third kappa shape index (κ3) is 2.15. The Morgan fingerprint density at radius 2 is 2.20 bits per heavy atom. The van der Waals surface area contributed by atoms with Crippen LogP contribution in [0.4, 0.5) is 5.88 Å². The molecule has 0 spiro atoms. The zero-order chi connectivity index (χ0) is 14.1. The van der Waals surface area contributed by atoms with Crippen LogP contribution >= 0.6 is 22.9 Å². The number of nitrogens with two attached hydrogens (primary N) is 1. The Labute approximate surface area is 124 Å². The van der Waals surface area contributed by atoms with E-state index >= 15 is 0 Å². The smallest absolute Gasteiger partial charge is 0.230 e. The van der Waals surface area contributed by atoms with Gasteiger partial charge in [-0.05, 0) is 29.6 Å². The van der Waals surface area contributed by atoms with Gasteiger partial charge in [0.05, 0.1) is 12.7 Å². The number of hydrogen-bond donors (Lipinski definition) is 1. The number of ether oxygens (including phenoxy) is 1. The molecule has 2 aromatic heterocycles. The second-order valence-electron chi connectivity index (χ2n) is 4.13. The minimum Gasteiger partial charge on any atom is -0.496 e. The van der Waals surface area contributed by atoms with Crippen LogP contribution in [0.3, 0.4) is 0 Å². The number of benzene rings is 1.